The van der Waals surface area contributed by atoms with Crippen molar-refractivity contribution in [1.29, 1.82) is 0 Å². The van der Waals surface area contributed by atoms with Crippen LogP contribution in [0.1, 0.15) is 19.8 Å². The second kappa shape index (κ2) is 6.93. The van der Waals surface area contributed by atoms with Crippen molar-refractivity contribution >= 4 is 21.8 Å². The monoisotopic (exact) mass is 286 g/mol. The van der Waals surface area contributed by atoms with Crippen LogP contribution < -0.4 is 0 Å². The highest BCUT2D eigenvalue weighted by molar-refractivity contribution is 9.09. The largest absolute Gasteiger partial charge is 0.329 e. The lowest BCUT2D eigenvalue weighted by Crippen LogP contribution is -2.31. The summed E-state index contributed by atoms with van der Waals surface area (Å²) in [6.07, 6.45) is 1.66. The number of rotatable bonds is 4. The normalized spacial score (nSPS) is 20.1. The Hall–Kier alpha value is -0.530. The average Bonchev–Trinajstić information content (AvgIpc) is 2.55. The molecule has 1 rings (SSSR count). The number of carbonyl (C=O) groups excluding carboxylic acids is 1. The summed E-state index contributed by atoms with van der Waals surface area (Å²) in [6, 6.07) is 0.363. The summed E-state index contributed by atoms with van der Waals surface area (Å²) >= 11 is 3.39. The molecule has 0 N–H and O–H groups in total. The minimum Gasteiger partial charge on any atom is -0.329 e. The van der Waals surface area contributed by atoms with Crippen LogP contribution in [0.5, 0.6) is 0 Å². The second-order valence-electron chi connectivity index (χ2n) is 4.19. The van der Waals surface area contributed by atoms with E-state index >= 15 is 0 Å². The average molecular weight is 287 g/mol. The summed E-state index contributed by atoms with van der Waals surface area (Å²) in [5.74, 6) is 6.42. The first kappa shape index (κ1) is 13.5. The van der Waals surface area contributed by atoms with Crippen LogP contribution in [0.25, 0.3) is 0 Å². The summed E-state index contributed by atoms with van der Waals surface area (Å²) in [5.41, 5.74) is 0. The molecule has 0 aliphatic carbocycles. The molecule has 4 heteroatoms. The van der Waals surface area contributed by atoms with Crippen LogP contribution in [0.2, 0.25) is 0 Å². The van der Waals surface area contributed by atoms with Gasteiger partial charge in [-0.25, -0.2) is 0 Å². The molecular formula is C12H19BrN2O. The lowest BCUT2D eigenvalue weighted by molar-refractivity contribution is -0.128. The minimum atomic E-state index is 0.246. The molecule has 1 aliphatic rings. The van der Waals surface area contributed by atoms with Crippen molar-refractivity contribution in [3.63, 3.8) is 0 Å². The van der Waals surface area contributed by atoms with Gasteiger partial charge in [-0.15, -0.1) is 0 Å². The van der Waals surface area contributed by atoms with Crippen LogP contribution >= 0.6 is 15.9 Å². The molecule has 0 spiro atoms. The zero-order valence-electron chi connectivity index (χ0n) is 10.0. The molecule has 0 aromatic rings. The van der Waals surface area contributed by atoms with E-state index in [9.17, 15) is 4.79 Å². The van der Waals surface area contributed by atoms with Gasteiger partial charge in [0, 0.05) is 24.3 Å². The van der Waals surface area contributed by atoms with Crippen molar-refractivity contribution in [3.05, 3.63) is 0 Å². The fourth-order valence-corrected chi connectivity index (χ4v) is 2.28. The predicted molar refractivity (Wildman–Crippen MR) is 69.5 cm³/mol. The number of hydrogen-bond donors (Lipinski definition) is 0. The van der Waals surface area contributed by atoms with Crippen LogP contribution in [-0.2, 0) is 4.79 Å². The van der Waals surface area contributed by atoms with Crippen molar-refractivity contribution < 1.29 is 4.79 Å². The smallest absolute Gasteiger partial charge is 0.223 e. The van der Waals surface area contributed by atoms with Crippen LogP contribution in [-0.4, -0.2) is 53.8 Å². The van der Waals surface area contributed by atoms with E-state index in [1.807, 2.05) is 11.9 Å². The van der Waals surface area contributed by atoms with E-state index in [0.29, 0.717) is 19.0 Å². The molecule has 0 radical (unpaired) electrons. The third-order valence-corrected chi connectivity index (χ3v) is 3.17. The quantitative estimate of drug-likeness (QED) is 0.575. The van der Waals surface area contributed by atoms with Gasteiger partial charge in [0.1, 0.15) is 0 Å². The van der Waals surface area contributed by atoms with Gasteiger partial charge in [0.2, 0.25) is 5.91 Å². The molecule has 1 unspecified atom stereocenters. The van der Waals surface area contributed by atoms with Crippen molar-refractivity contribution in [1.82, 2.24) is 9.80 Å². The maximum Gasteiger partial charge on any atom is 0.223 e. The zero-order chi connectivity index (χ0) is 12.0. The third kappa shape index (κ3) is 4.15. The minimum absolute atomic E-state index is 0.246. The first-order valence-electron chi connectivity index (χ1n) is 5.65. The molecule has 1 fully saturated rings. The first-order chi connectivity index (χ1) is 7.65. The van der Waals surface area contributed by atoms with Crippen LogP contribution in [0.3, 0.4) is 0 Å². The van der Waals surface area contributed by atoms with Crippen molar-refractivity contribution in [3.8, 4) is 11.8 Å². The number of amides is 1. The van der Waals surface area contributed by atoms with E-state index in [1.165, 1.54) is 0 Å². The standard InChI is InChI=1S/C12H19BrN2O/c1-11-5-6-12(16)15(11)9-4-3-8-14(2)10-7-13/h11H,5-10H2,1-2H3. The van der Waals surface area contributed by atoms with Crippen molar-refractivity contribution in [2.45, 2.75) is 25.8 Å². The van der Waals surface area contributed by atoms with Gasteiger partial charge < -0.3 is 4.90 Å². The molecular weight excluding hydrogens is 268 g/mol. The summed E-state index contributed by atoms with van der Waals surface area (Å²) in [4.78, 5) is 15.5. The predicted octanol–water partition coefficient (Wildman–Crippen LogP) is 1.33. The van der Waals surface area contributed by atoms with Crippen molar-refractivity contribution in [2.75, 3.05) is 32.0 Å². The van der Waals surface area contributed by atoms with Gasteiger partial charge in [-0.3, -0.25) is 9.69 Å². The van der Waals surface area contributed by atoms with E-state index in [2.05, 4.69) is 39.6 Å². The highest BCUT2D eigenvalue weighted by atomic mass is 79.9. The van der Waals surface area contributed by atoms with E-state index in [0.717, 1.165) is 24.8 Å². The van der Waals surface area contributed by atoms with Gasteiger partial charge in [-0.05, 0) is 20.4 Å². The van der Waals surface area contributed by atoms with Gasteiger partial charge in [0.05, 0.1) is 13.1 Å². The van der Waals surface area contributed by atoms with E-state index in [1.54, 1.807) is 0 Å². The second-order valence-corrected chi connectivity index (χ2v) is 4.98. The maximum absolute atomic E-state index is 11.5. The van der Waals surface area contributed by atoms with Crippen LogP contribution in [0, 0.1) is 11.8 Å². The fourth-order valence-electron chi connectivity index (χ4n) is 1.68. The first-order valence-corrected chi connectivity index (χ1v) is 6.77. The Bertz CT molecular complexity index is 295. The highest BCUT2D eigenvalue weighted by Gasteiger charge is 2.26. The molecule has 1 aliphatic heterocycles. The SMILES string of the molecule is CC1CCC(=O)N1CC#CCN(C)CCBr. The summed E-state index contributed by atoms with van der Waals surface area (Å²) in [5, 5.41) is 0.965. The number of likely N-dealkylation sites (tertiary alicyclic amines) is 1. The molecule has 0 saturated carbocycles. The highest BCUT2D eigenvalue weighted by Crippen LogP contribution is 2.16. The van der Waals surface area contributed by atoms with Crippen molar-refractivity contribution in [2.24, 2.45) is 0 Å². The topological polar surface area (TPSA) is 23.6 Å². The zero-order valence-corrected chi connectivity index (χ0v) is 11.6. The van der Waals surface area contributed by atoms with Gasteiger partial charge in [-0.1, -0.05) is 27.8 Å². The Morgan fingerprint density at radius 3 is 2.88 bits per heavy atom. The Morgan fingerprint density at radius 1 is 1.56 bits per heavy atom. The Labute approximate surface area is 106 Å². The van der Waals surface area contributed by atoms with Crippen LogP contribution in [0.15, 0.2) is 0 Å². The number of nitrogens with zero attached hydrogens (tertiary/aromatic N) is 2. The molecule has 1 heterocycles. The van der Waals surface area contributed by atoms with E-state index < -0.39 is 0 Å². The van der Waals surface area contributed by atoms with E-state index in [-0.39, 0.29) is 5.91 Å². The lowest BCUT2D eigenvalue weighted by Gasteiger charge is -2.18. The number of hydrogen-bond acceptors (Lipinski definition) is 2. The Kier molecular flexibility index (Phi) is 5.86. The molecule has 90 valence electrons. The van der Waals surface area contributed by atoms with Gasteiger partial charge in [-0.2, -0.15) is 0 Å². The Morgan fingerprint density at radius 2 is 2.31 bits per heavy atom. The molecule has 1 saturated heterocycles. The molecule has 0 aromatic heterocycles. The van der Waals surface area contributed by atoms with Gasteiger partial charge in [0.25, 0.3) is 0 Å². The summed E-state index contributed by atoms with van der Waals surface area (Å²) in [7, 11) is 2.04. The molecule has 16 heavy (non-hydrogen) atoms. The number of alkyl halides is 1. The Balaban J connectivity index is 2.28. The summed E-state index contributed by atoms with van der Waals surface area (Å²) < 4.78 is 0. The number of halogens is 1. The molecule has 1 amide bonds. The lowest BCUT2D eigenvalue weighted by atomic mass is 10.2. The molecule has 3 nitrogen and oxygen atoms in total. The number of carbonyl (C=O) groups is 1. The maximum atomic E-state index is 11.5. The van der Waals surface area contributed by atoms with Crippen LogP contribution in [0.4, 0.5) is 0 Å². The fraction of sp³-hybridized carbons (Fsp3) is 0.750. The molecule has 1 atom stereocenters. The van der Waals surface area contributed by atoms with Gasteiger partial charge >= 0.3 is 0 Å². The van der Waals surface area contributed by atoms with E-state index in [4.69, 9.17) is 0 Å². The van der Waals surface area contributed by atoms with Gasteiger partial charge in [0.15, 0.2) is 0 Å². The molecule has 0 bridgehead atoms. The summed E-state index contributed by atoms with van der Waals surface area (Å²) in [6.45, 7) is 4.43. The molecule has 0 aromatic carbocycles. The third-order valence-electron chi connectivity index (χ3n) is 2.82.